The molecule has 0 radical (unpaired) electrons. The Labute approximate surface area is 170 Å². The number of piperidine rings is 1. The Morgan fingerprint density at radius 2 is 1.59 bits per heavy atom. The van der Waals surface area contributed by atoms with Crippen LogP contribution in [0.4, 0.5) is 5.69 Å². The van der Waals surface area contributed by atoms with Crippen LogP contribution in [0, 0.1) is 5.92 Å². The summed E-state index contributed by atoms with van der Waals surface area (Å²) in [6.07, 6.45) is 1.76. The summed E-state index contributed by atoms with van der Waals surface area (Å²) in [4.78, 5) is 40.3. The van der Waals surface area contributed by atoms with Crippen molar-refractivity contribution in [3.63, 3.8) is 0 Å². The average molecular weight is 392 g/mol. The average Bonchev–Trinajstić information content (AvgIpc) is 3.04. The van der Waals surface area contributed by atoms with Gasteiger partial charge in [-0.2, -0.15) is 0 Å². The van der Waals surface area contributed by atoms with Crippen LogP contribution in [0.3, 0.4) is 0 Å². The molecule has 2 heterocycles. The van der Waals surface area contributed by atoms with Crippen LogP contribution in [0.2, 0.25) is 0 Å². The molecule has 6 nitrogen and oxygen atoms in total. The van der Waals surface area contributed by atoms with E-state index in [1.54, 1.807) is 0 Å². The van der Waals surface area contributed by atoms with Crippen molar-refractivity contribution in [1.29, 1.82) is 0 Å². The van der Waals surface area contributed by atoms with Gasteiger partial charge < -0.3 is 10.2 Å². The third-order valence-electron chi connectivity index (χ3n) is 5.93. The predicted molar refractivity (Wildman–Crippen MR) is 109 cm³/mol. The van der Waals surface area contributed by atoms with Crippen LogP contribution in [0.5, 0.6) is 0 Å². The maximum atomic E-state index is 12.8. The summed E-state index contributed by atoms with van der Waals surface area (Å²) >= 11 is 0. The largest absolute Gasteiger partial charge is 0.326 e. The quantitative estimate of drug-likeness (QED) is 0.756. The van der Waals surface area contributed by atoms with Gasteiger partial charge in [0.1, 0.15) is 0 Å². The second kappa shape index (κ2) is 8.57. The number of imide groups is 1. The number of nitrogens with one attached hydrogen (secondary N) is 2. The number of anilines is 1. The minimum Gasteiger partial charge on any atom is -0.326 e. The lowest BCUT2D eigenvalue weighted by atomic mass is 9.96. The molecule has 0 aliphatic carbocycles. The maximum Gasteiger partial charge on any atom is 0.241 e. The fraction of sp³-hybridized carbons (Fsp3) is 0.348. The van der Waals surface area contributed by atoms with Crippen molar-refractivity contribution < 1.29 is 19.3 Å². The first-order chi connectivity index (χ1) is 14.1. The molecule has 0 aromatic heterocycles. The van der Waals surface area contributed by atoms with Gasteiger partial charge >= 0.3 is 0 Å². The van der Waals surface area contributed by atoms with Crippen LogP contribution in [0.1, 0.15) is 30.7 Å². The summed E-state index contributed by atoms with van der Waals surface area (Å²) in [6, 6.07) is 19.0. The smallest absolute Gasteiger partial charge is 0.241 e. The summed E-state index contributed by atoms with van der Waals surface area (Å²) < 4.78 is 0. The summed E-state index contributed by atoms with van der Waals surface area (Å²) in [7, 11) is 0. The van der Waals surface area contributed by atoms with Gasteiger partial charge in [0.05, 0.1) is 19.0 Å². The molecule has 3 amide bonds. The molecule has 2 fully saturated rings. The zero-order chi connectivity index (χ0) is 20.2. The highest BCUT2D eigenvalue weighted by Crippen LogP contribution is 2.28. The first kappa shape index (κ1) is 19.3. The lowest BCUT2D eigenvalue weighted by Gasteiger charge is -2.30. The molecule has 6 heteroatoms. The molecule has 2 aliphatic rings. The van der Waals surface area contributed by atoms with Gasteiger partial charge in [-0.05, 0) is 17.7 Å². The molecule has 2 saturated heterocycles. The van der Waals surface area contributed by atoms with E-state index in [0.717, 1.165) is 37.2 Å². The summed E-state index contributed by atoms with van der Waals surface area (Å²) in [5, 5.41) is 2.97. The molecule has 29 heavy (non-hydrogen) atoms. The molecule has 1 atom stereocenters. The van der Waals surface area contributed by atoms with Crippen LogP contribution in [-0.2, 0) is 14.4 Å². The van der Waals surface area contributed by atoms with E-state index in [9.17, 15) is 14.4 Å². The van der Waals surface area contributed by atoms with E-state index in [4.69, 9.17) is 0 Å². The van der Waals surface area contributed by atoms with Crippen molar-refractivity contribution in [3.8, 4) is 0 Å². The van der Waals surface area contributed by atoms with E-state index in [0.29, 0.717) is 6.67 Å². The number of rotatable bonds is 5. The van der Waals surface area contributed by atoms with Gasteiger partial charge in [0, 0.05) is 30.9 Å². The third kappa shape index (κ3) is 4.38. The van der Waals surface area contributed by atoms with Crippen molar-refractivity contribution in [2.45, 2.75) is 25.2 Å². The van der Waals surface area contributed by atoms with Gasteiger partial charge in [-0.3, -0.25) is 14.4 Å². The summed E-state index contributed by atoms with van der Waals surface area (Å²) in [5.74, 6) is -0.538. The summed E-state index contributed by atoms with van der Waals surface area (Å²) in [6.45, 7) is 1.95. The molecule has 2 N–H and O–H groups in total. The fourth-order valence-corrected chi connectivity index (χ4v) is 4.23. The molecule has 2 aromatic carbocycles. The maximum absolute atomic E-state index is 12.8. The normalized spacial score (nSPS) is 24.6. The van der Waals surface area contributed by atoms with Crippen LogP contribution < -0.4 is 10.2 Å². The Kier molecular flexibility index (Phi) is 5.71. The molecule has 0 bridgehead atoms. The Morgan fingerprint density at radius 3 is 2.24 bits per heavy atom. The van der Waals surface area contributed by atoms with E-state index in [1.807, 2.05) is 60.7 Å². The number of amides is 3. The number of carbonyl (C=O) groups excluding carboxylic acids is 3. The first-order valence-corrected chi connectivity index (χ1v) is 10.2. The monoisotopic (exact) mass is 392 g/mol. The van der Waals surface area contributed by atoms with Crippen molar-refractivity contribution in [1.82, 2.24) is 4.90 Å². The van der Waals surface area contributed by atoms with Crippen molar-refractivity contribution >= 4 is 23.4 Å². The minimum atomic E-state index is -0.364. The number of hydrogen-bond donors (Lipinski definition) is 2. The molecule has 150 valence electrons. The third-order valence-corrected chi connectivity index (χ3v) is 5.93. The zero-order valence-electron chi connectivity index (χ0n) is 16.3. The minimum absolute atomic E-state index is 0.0268. The second-order valence-corrected chi connectivity index (χ2v) is 7.87. The summed E-state index contributed by atoms with van der Waals surface area (Å²) in [5.41, 5.74) is 1.71. The number of quaternary nitrogens is 1. The lowest BCUT2D eigenvalue weighted by Crippen LogP contribution is -3.14. The molecule has 0 spiro atoms. The number of hydrogen-bond acceptors (Lipinski definition) is 3. The zero-order valence-corrected chi connectivity index (χ0v) is 16.3. The highest BCUT2D eigenvalue weighted by molar-refractivity contribution is 6.06. The van der Waals surface area contributed by atoms with Gasteiger partial charge in [0.25, 0.3) is 0 Å². The van der Waals surface area contributed by atoms with Crippen molar-refractivity contribution in [3.05, 3.63) is 66.2 Å². The van der Waals surface area contributed by atoms with Gasteiger partial charge in [-0.1, -0.05) is 48.5 Å². The fourth-order valence-electron chi connectivity index (χ4n) is 4.23. The topological polar surface area (TPSA) is 70.9 Å². The van der Waals surface area contributed by atoms with E-state index < -0.39 is 0 Å². The van der Waals surface area contributed by atoms with E-state index in [1.165, 1.54) is 9.80 Å². The van der Waals surface area contributed by atoms with Crippen molar-refractivity contribution in [2.75, 3.05) is 25.1 Å². The first-order valence-electron chi connectivity index (χ1n) is 10.2. The Bertz CT molecular complexity index is 877. The van der Waals surface area contributed by atoms with Crippen molar-refractivity contribution in [2.24, 2.45) is 5.92 Å². The van der Waals surface area contributed by atoms with E-state index >= 15 is 0 Å². The number of likely N-dealkylation sites (tertiary alicyclic amines) is 2. The molecule has 4 rings (SSSR count). The van der Waals surface area contributed by atoms with Crippen LogP contribution >= 0.6 is 0 Å². The van der Waals surface area contributed by atoms with Gasteiger partial charge in [-0.15, -0.1) is 0 Å². The van der Waals surface area contributed by atoms with Gasteiger partial charge in [0.15, 0.2) is 6.67 Å². The number of carbonyl (C=O) groups is 3. The Balaban J connectivity index is 1.30. The number of nitrogens with zero attached hydrogens (tertiary/aromatic N) is 1. The SMILES string of the molecule is O=C(Nc1ccccc1)C1CC[NH+](CN2C(=O)C[C@H](c3ccccc3)C2=O)CC1. The number of benzene rings is 2. The van der Waals surface area contributed by atoms with Gasteiger partial charge in [-0.25, -0.2) is 4.90 Å². The second-order valence-electron chi connectivity index (χ2n) is 7.87. The van der Waals surface area contributed by atoms with Crippen LogP contribution in [-0.4, -0.2) is 42.4 Å². The van der Waals surface area contributed by atoms with Gasteiger partial charge in [0.2, 0.25) is 17.7 Å². The van der Waals surface area contributed by atoms with Crippen LogP contribution in [0.15, 0.2) is 60.7 Å². The van der Waals surface area contributed by atoms with E-state index in [2.05, 4.69) is 5.32 Å². The molecule has 2 aliphatic heterocycles. The molecule has 2 aromatic rings. The molecule has 0 saturated carbocycles. The predicted octanol–water partition coefficient (Wildman–Crippen LogP) is 1.42. The highest BCUT2D eigenvalue weighted by Gasteiger charge is 2.41. The molecular formula is C23H26N3O3+. The van der Waals surface area contributed by atoms with E-state index in [-0.39, 0.29) is 36.0 Å². The highest BCUT2D eigenvalue weighted by atomic mass is 16.2. The lowest BCUT2D eigenvalue weighted by molar-refractivity contribution is -0.913. The molecule has 0 unspecified atom stereocenters. The van der Waals surface area contributed by atoms with Crippen LogP contribution in [0.25, 0.3) is 0 Å². The Morgan fingerprint density at radius 1 is 0.966 bits per heavy atom. The standard InChI is InChI=1S/C23H25N3O3/c27-21-15-20(17-7-3-1-4-8-17)23(29)26(21)16-25-13-11-18(12-14-25)22(28)24-19-9-5-2-6-10-19/h1-10,18,20H,11-16H2,(H,24,28)/p+1/t20-/m1/s1. The Hall–Kier alpha value is -2.99. The number of para-hydroxylation sites is 1. The molecular weight excluding hydrogens is 366 g/mol.